The lowest BCUT2D eigenvalue weighted by molar-refractivity contribution is -0.123. The summed E-state index contributed by atoms with van der Waals surface area (Å²) in [6.45, 7) is 5.20. The number of likely N-dealkylation sites (N-methyl/N-ethyl adjacent to an activating group) is 1. The maximum atomic E-state index is 12.0. The van der Waals surface area contributed by atoms with Crippen molar-refractivity contribution in [3.05, 3.63) is 35.9 Å². The van der Waals surface area contributed by atoms with E-state index in [0.29, 0.717) is 19.6 Å². The van der Waals surface area contributed by atoms with Crippen molar-refractivity contribution >= 4 is 11.9 Å². The molecule has 1 atom stereocenters. The number of urea groups is 1. The Morgan fingerprint density at radius 3 is 2.22 bits per heavy atom. The van der Waals surface area contributed by atoms with Crippen molar-refractivity contribution in [2.75, 3.05) is 33.7 Å². The van der Waals surface area contributed by atoms with Gasteiger partial charge < -0.3 is 20.9 Å². The highest BCUT2D eigenvalue weighted by Gasteiger charge is 2.15. The summed E-state index contributed by atoms with van der Waals surface area (Å²) in [7, 11) is 3.94. The van der Waals surface area contributed by atoms with Crippen molar-refractivity contribution in [1.29, 1.82) is 0 Å². The summed E-state index contributed by atoms with van der Waals surface area (Å²) in [4.78, 5) is 25.5. The molecule has 6 nitrogen and oxygen atoms in total. The Hall–Kier alpha value is -2.08. The number of carbonyl (C=O) groups is 2. The Balaban J connectivity index is 2.43. The third kappa shape index (κ3) is 7.65. The third-order valence-corrected chi connectivity index (χ3v) is 3.29. The standard InChI is InChI=1S/C17H28N4O2/c1-13(2)16(22)18-10-11-19-17(23)20-15(12-21(3)4)14-8-6-5-7-9-14/h5-9,13,15H,10-12H2,1-4H3,(H,18,22)(H2,19,20,23)/t15-/m1/s1. The fourth-order valence-electron chi connectivity index (χ4n) is 2.06. The first-order valence-corrected chi connectivity index (χ1v) is 7.92. The number of benzene rings is 1. The van der Waals surface area contributed by atoms with E-state index in [-0.39, 0.29) is 23.9 Å². The minimum absolute atomic E-state index is 0.0121. The fraction of sp³-hybridized carbons (Fsp3) is 0.529. The number of nitrogens with one attached hydrogen (secondary N) is 3. The molecule has 0 spiro atoms. The van der Waals surface area contributed by atoms with Crippen molar-refractivity contribution in [3.8, 4) is 0 Å². The first-order valence-electron chi connectivity index (χ1n) is 7.92. The van der Waals surface area contributed by atoms with Gasteiger partial charge in [-0.05, 0) is 19.7 Å². The van der Waals surface area contributed by atoms with Gasteiger partial charge in [0, 0.05) is 25.6 Å². The zero-order valence-corrected chi connectivity index (χ0v) is 14.4. The molecule has 0 unspecified atom stereocenters. The topological polar surface area (TPSA) is 73.5 Å². The second kappa shape index (κ2) is 9.84. The van der Waals surface area contributed by atoms with Gasteiger partial charge in [0.05, 0.1) is 6.04 Å². The van der Waals surface area contributed by atoms with Crippen LogP contribution in [0.1, 0.15) is 25.5 Å². The second-order valence-electron chi connectivity index (χ2n) is 6.07. The highest BCUT2D eigenvalue weighted by Crippen LogP contribution is 2.12. The molecule has 1 rings (SSSR count). The van der Waals surface area contributed by atoms with Crippen LogP contribution in [0.2, 0.25) is 0 Å². The lowest BCUT2D eigenvalue weighted by Gasteiger charge is -2.23. The SMILES string of the molecule is CC(C)C(=O)NCCNC(=O)N[C@H](CN(C)C)c1ccccc1. The molecule has 1 aromatic carbocycles. The van der Waals surface area contributed by atoms with Crippen LogP contribution in [-0.2, 0) is 4.79 Å². The molecule has 0 aliphatic heterocycles. The number of carbonyl (C=O) groups excluding carboxylic acids is 2. The van der Waals surface area contributed by atoms with E-state index in [4.69, 9.17) is 0 Å². The third-order valence-electron chi connectivity index (χ3n) is 3.29. The average molecular weight is 320 g/mol. The molecule has 3 N–H and O–H groups in total. The number of rotatable bonds is 8. The van der Waals surface area contributed by atoms with Crippen LogP contribution in [0.3, 0.4) is 0 Å². The van der Waals surface area contributed by atoms with E-state index in [1.54, 1.807) is 0 Å². The molecule has 0 aromatic heterocycles. The fourth-order valence-corrected chi connectivity index (χ4v) is 2.06. The van der Waals surface area contributed by atoms with Gasteiger partial charge in [-0.25, -0.2) is 4.79 Å². The zero-order chi connectivity index (χ0) is 17.2. The minimum Gasteiger partial charge on any atom is -0.354 e. The maximum Gasteiger partial charge on any atom is 0.315 e. The molecular weight excluding hydrogens is 292 g/mol. The van der Waals surface area contributed by atoms with Gasteiger partial charge in [-0.3, -0.25) is 4.79 Å². The van der Waals surface area contributed by atoms with Crippen LogP contribution in [0, 0.1) is 5.92 Å². The molecule has 128 valence electrons. The van der Waals surface area contributed by atoms with Crippen LogP contribution in [0.15, 0.2) is 30.3 Å². The van der Waals surface area contributed by atoms with Crippen molar-refractivity contribution in [2.45, 2.75) is 19.9 Å². The van der Waals surface area contributed by atoms with Crippen LogP contribution in [0.5, 0.6) is 0 Å². The van der Waals surface area contributed by atoms with E-state index in [0.717, 1.165) is 5.56 Å². The number of hydrogen-bond donors (Lipinski definition) is 3. The summed E-state index contributed by atoms with van der Waals surface area (Å²) in [6.07, 6.45) is 0. The van der Waals surface area contributed by atoms with Crippen LogP contribution in [0.4, 0.5) is 4.79 Å². The van der Waals surface area contributed by atoms with Crippen LogP contribution >= 0.6 is 0 Å². The van der Waals surface area contributed by atoms with Gasteiger partial charge in [0.1, 0.15) is 0 Å². The smallest absolute Gasteiger partial charge is 0.315 e. The molecule has 3 amide bonds. The van der Waals surface area contributed by atoms with Crippen molar-refractivity contribution in [1.82, 2.24) is 20.9 Å². The molecule has 0 aliphatic rings. The summed E-state index contributed by atoms with van der Waals surface area (Å²) in [6, 6.07) is 9.54. The van der Waals surface area contributed by atoms with Crippen LogP contribution in [0.25, 0.3) is 0 Å². The van der Waals surface area contributed by atoms with Gasteiger partial charge >= 0.3 is 6.03 Å². The van der Waals surface area contributed by atoms with E-state index < -0.39 is 0 Å². The molecule has 0 bridgehead atoms. The quantitative estimate of drug-likeness (QED) is 0.633. The second-order valence-corrected chi connectivity index (χ2v) is 6.07. The molecule has 6 heteroatoms. The van der Waals surface area contributed by atoms with Crippen molar-refractivity contribution in [3.63, 3.8) is 0 Å². The number of hydrogen-bond acceptors (Lipinski definition) is 3. The first kappa shape index (κ1) is 19.0. The monoisotopic (exact) mass is 320 g/mol. The molecule has 0 saturated heterocycles. The summed E-state index contributed by atoms with van der Waals surface area (Å²) in [5, 5.41) is 8.50. The molecule has 0 radical (unpaired) electrons. The van der Waals surface area contributed by atoms with Crippen LogP contribution in [-0.4, -0.2) is 50.6 Å². The lowest BCUT2D eigenvalue weighted by atomic mass is 10.1. The first-order chi connectivity index (χ1) is 10.9. The Morgan fingerprint density at radius 1 is 1.04 bits per heavy atom. The van der Waals surface area contributed by atoms with Gasteiger partial charge in [0.2, 0.25) is 5.91 Å². The van der Waals surface area contributed by atoms with E-state index in [1.165, 1.54) is 0 Å². The highest BCUT2D eigenvalue weighted by molar-refractivity contribution is 5.78. The van der Waals surface area contributed by atoms with Crippen molar-refractivity contribution in [2.24, 2.45) is 5.92 Å². The van der Waals surface area contributed by atoms with Gasteiger partial charge in [0.15, 0.2) is 0 Å². The van der Waals surface area contributed by atoms with Crippen molar-refractivity contribution < 1.29 is 9.59 Å². The Kier molecular flexibility index (Phi) is 8.11. The predicted molar refractivity (Wildman–Crippen MR) is 92.1 cm³/mol. The summed E-state index contributed by atoms with van der Waals surface area (Å²) >= 11 is 0. The Morgan fingerprint density at radius 2 is 1.65 bits per heavy atom. The largest absolute Gasteiger partial charge is 0.354 e. The molecule has 0 aliphatic carbocycles. The van der Waals surface area contributed by atoms with E-state index >= 15 is 0 Å². The molecule has 23 heavy (non-hydrogen) atoms. The van der Waals surface area contributed by atoms with E-state index in [1.807, 2.05) is 63.2 Å². The highest BCUT2D eigenvalue weighted by atomic mass is 16.2. The Bertz CT molecular complexity index is 489. The minimum atomic E-state index is -0.237. The molecular formula is C17H28N4O2. The van der Waals surface area contributed by atoms with E-state index in [2.05, 4.69) is 16.0 Å². The number of amides is 3. The summed E-state index contributed by atoms with van der Waals surface area (Å²) < 4.78 is 0. The van der Waals surface area contributed by atoms with Crippen LogP contribution < -0.4 is 16.0 Å². The number of nitrogens with zero attached hydrogens (tertiary/aromatic N) is 1. The van der Waals surface area contributed by atoms with Gasteiger partial charge in [-0.2, -0.15) is 0 Å². The normalized spacial score (nSPS) is 12.1. The van der Waals surface area contributed by atoms with Gasteiger partial charge in [-0.15, -0.1) is 0 Å². The summed E-state index contributed by atoms with van der Waals surface area (Å²) in [5.74, 6) is -0.0617. The molecule has 0 saturated carbocycles. The lowest BCUT2D eigenvalue weighted by Crippen LogP contribution is -2.44. The molecule has 1 aromatic rings. The molecule has 0 fully saturated rings. The zero-order valence-electron chi connectivity index (χ0n) is 14.4. The predicted octanol–water partition coefficient (Wildman–Crippen LogP) is 1.36. The Labute approximate surface area is 138 Å². The maximum absolute atomic E-state index is 12.0. The van der Waals surface area contributed by atoms with Gasteiger partial charge in [-0.1, -0.05) is 44.2 Å². The summed E-state index contributed by atoms with van der Waals surface area (Å²) in [5.41, 5.74) is 1.06. The average Bonchev–Trinajstić information content (AvgIpc) is 2.51. The van der Waals surface area contributed by atoms with E-state index in [9.17, 15) is 9.59 Å². The molecule has 0 heterocycles. The van der Waals surface area contributed by atoms with Gasteiger partial charge in [0.25, 0.3) is 0 Å².